The molecule has 86 valence electrons. The van der Waals surface area contributed by atoms with Crippen LogP contribution in [0.3, 0.4) is 0 Å². The molecule has 15 heavy (non-hydrogen) atoms. The van der Waals surface area contributed by atoms with E-state index in [1.165, 1.54) is 6.42 Å². The molecule has 0 bridgehead atoms. The van der Waals surface area contributed by atoms with Crippen LogP contribution in [0.1, 0.15) is 17.9 Å². The summed E-state index contributed by atoms with van der Waals surface area (Å²) in [6.45, 7) is 0.876. The van der Waals surface area contributed by atoms with Gasteiger partial charge in [-0.1, -0.05) is 0 Å². The van der Waals surface area contributed by atoms with E-state index in [0.717, 1.165) is 35.3 Å². The maximum atomic E-state index is 5.69. The molecular formula is C11H19NOS2. The molecule has 0 aliphatic rings. The van der Waals surface area contributed by atoms with E-state index in [2.05, 4.69) is 29.7 Å². The zero-order valence-corrected chi connectivity index (χ0v) is 11.1. The molecule has 1 aromatic rings. The summed E-state index contributed by atoms with van der Waals surface area (Å²) in [5.41, 5.74) is 0. The molecule has 0 spiro atoms. The van der Waals surface area contributed by atoms with E-state index in [0.29, 0.717) is 0 Å². The number of thioether (sulfide) groups is 1. The fourth-order valence-electron chi connectivity index (χ4n) is 1.24. The minimum atomic E-state index is 0.876. The Morgan fingerprint density at radius 3 is 2.73 bits per heavy atom. The van der Waals surface area contributed by atoms with Crippen molar-refractivity contribution in [1.29, 1.82) is 0 Å². The molecule has 0 atom stereocenters. The van der Waals surface area contributed by atoms with Gasteiger partial charge in [0.05, 0.1) is 12.3 Å². The molecule has 0 amide bonds. The van der Waals surface area contributed by atoms with Gasteiger partial charge in [0, 0.05) is 0 Å². The van der Waals surface area contributed by atoms with Gasteiger partial charge >= 0.3 is 0 Å². The summed E-state index contributed by atoms with van der Waals surface area (Å²) in [7, 11) is 4.09. The van der Waals surface area contributed by atoms with Crippen molar-refractivity contribution in [3.63, 3.8) is 0 Å². The molecule has 0 fully saturated rings. The van der Waals surface area contributed by atoms with Crippen LogP contribution in [0.5, 0.6) is 0 Å². The number of furan rings is 1. The molecule has 1 rings (SSSR count). The van der Waals surface area contributed by atoms with Crippen molar-refractivity contribution in [3.05, 3.63) is 23.7 Å². The van der Waals surface area contributed by atoms with Crippen molar-refractivity contribution in [1.82, 2.24) is 4.90 Å². The second-order valence-corrected chi connectivity index (χ2v) is 5.29. The summed E-state index contributed by atoms with van der Waals surface area (Å²) in [6, 6.07) is 4.14. The Hall–Kier alpha value is -0.0600. The average Bonchev–Trinajstić information content (AvgIpc) is 2.59. The van der Waals surface area contributed by atoms with Crippen LogP contribution in [-0.2, 0) is 12.3 Å². The van der Waals surface area contributed by atoms with Gasteiger partial charge in [0.15, 0.2) is 0 Å². The maximum absolute atomic E-state index is 5.69. The van der Waals surface area contributed by atoms with Crippen LogP contribution in [0.2, 0.25) is 0 Å². The summed E-state index contributed by atoms with van der Waals surface area (Å²) in [4.78, 5) is 2.11. The van der Waals surface area contributed by atoms with Gasteiger partial charge < -0.3 is 9.32 Å². The first kappa shape index (κ1) is 13.0. The minimum Gasteiger partial charge on any atom is -0.464 e. The lowest BCUT2D eigenvalue weighted by molar-refractivity contribution is 0.344. The first-order valence-electron chi connectivity index (χ1n) is 5.13. The first-order chi connectivity index (χ1) is 7.22. The fraction of sp³-hybridized carbons (Fsp3) is 0.636. The molecule has 0 N–H and O–H groups in total. The highest BCUT2D eigenvalue weighted by Crippen LogP contribution is 2.16. The van der Waals surface area contributed by atoms with Gasteiger partial charge in [0.1, 0.15) is 11.5 Å². The smallest absolute Gasteiger partial charge is 0.118 e. The molecule has 0 aliphatic carbocycles. The minimum absolute atomic E-state index is 0.876. The molecule has 0 radical (unpaired) electrons. The van der Waals surface area contributed by atoms with Crippen molar-refractivity contribution < 1.29 is 4.42 Å². The van der Waals surface area contributed by atoms with Gasteiger partial charge in [-0.3, -0.25) is 0 Å². The standard InChI is InChI=1S/C11H19NOS2/c1-12(2)8-10-4-5-11(13-10)9-15-7-3-6-14/h4-5,14H,3,6-9H2,1-2H3. The quantitative estimate of drug-likeness (QED) is 0.588. The lowest BCUT2D eigenvalue weighted by atomic mass is 10.4. The van der Waals surface area contributed by atoms with E-state index in [-0.39, 0.29) is 0 Å². The third-order valence-corrected chi connectivity index (χ3v) is 3.26. The van der Waals surface area contributed by atoms with Crippen LogP contribution in [0.25, 0.3) is 0 Å². The predicted molar refractivity (Wildman–Crippen MR) is 70.7 cm³/mol. The Labute approximate surface area is 102 Å². The number of thiol groups is 1. The average molecular weight is 245 g/mol. The molecule has 4 heteroatoms. The Morgan fingerprint density at radius 1 is 1.33 bits per heavy atom. The highest BCUT2D eigenvalue weighted by Gasteiger charge is 2.02. The van der Waals surface area contributed by atoms with Crippen LogP contribution in [0, 0.1) is 0 Å². The van der Waals surface area contributed by atoms with Crippen LogP contribution in [0.15, 0.2) is 16.5 Å². The van der Waals surface area contributed by atoms with E-state index >= 15 is 0 Å². The second kappa shape index (κ2) is 7.25. The lowest BCUT2D eigenvalue weighted by Crippen LogP contribution is -2.09. The Morgan fingerprint density at radius 2 is 2.07 bits per heavy atom. The van der Waals surface area contributed by atoms with Crippen molar-refractivity contribution in [2.24, 2.45) is 0 Å². The molecule has 0 aromatic carbocycles. The molecule has 2 nitrogen and oxygen atoms in total. The Bertz CT molecular complexity index is 273. The van der Waals surface area contributed by atoms with Crippen molar-refractivity contribution in [2.75, 3.05) is 25.6 Å². The second-order valence-electron chi connectivity index (χ2n) is 3.74. The first-order valence-corrected chi connectivity index (χ1v) is 6.92. The van der Waals surface area contributed by atoms with Gasteiger partial charge in [-0.15, -0.1) is 0 Å². The van der Waals surface area contributed by atoms with Crippen LogP contribution < -0.4 is 0 Å². The fourth-order valence-corrected chi connectivity index (χ4v) is 2.46. The normalized spacial score (nSPS) is 11.2. The van der Waals surface area contributed by atoms with Crippen molar-refractivity contribution in [2.45, 2.75) is 18.7 Å². The zero-order chi connectivity index (χ0) is 11.1. The molecule has 0 saturated carbocycles. The Balaban J connectivity index is 2.26. The summed E-state index contributed by atoms with van der Waals surface area (Å²) in [5.74, 6) is 5.23. The summed E-state index contributed by atoms with van der Waals surface area (Å²) < 4.78 is 5.69. The lowest BCUT2D eigenvalue weighted by Gasteiger charge is -2.05. The molecule has 1 heterocycles. The molecule has 1 aromatic heterocycles. The topological polar surface area (TPSA) is 16.4 Å². The van der Waals surface area contributed by atoms with Crippen molar-refractivity contribution >= 4 is 24.4 Å². The van der Waals surface area contributed by atoms with E-state index in [1.54, 1.807) is 0 Å². The largest absolute Gasteiger partial charge is 0.464 e. The number of nitrogens with zero attached hydrogens (tertiary/aromatic N) is 1. The third kappa shape index (κ3) is 5.54. The molecule has 0 saturated heterocycles. The third-order valence-electron chi connectivity index (χ3n) is 1.88. The van der Waals surface area contributed by atoms with Gasteiger partial charge in [-0.05, 0) is 44.2 Å². The highest BCUT2D eigenvalue weighted by atomic mass is 32.2. The summed E-state index contributed by atoms with van der Waals surface area (Å²) in [5, 5.41) is 0. The summed E-state index contributed by atoms with van der Waals surface area (Å²) >= 11 is 6.09. The van der Waals surface area contributed by atoms with Crippen LogP contribution in [0.4, 0.5) is 0 Å². The molecular weight excluding hydrogens is 226 g/mol. The van der Waals surface area contributed by atoms with Crippen LogP contribution >= 0.6 is 24.4 Å². The van der Waals surface area contributed by atoms with Gasteiger partial charge in [-0.25, -0.2) is 0 Å². The number of rotatable bonds is 7. The number of hydrogen-bond acceptors (Lipinski definition) is 4. The number of hydrogen-bond donors (Lipinski definition) is 1. The van der Waals surface area contributed by atoms with Gasteiger partial charge in [0.25, 0.3) is 0 Å². The van der Waals surface area contributed by atoms with Crippen molar-refractivity contribution in [3.8, 4) is 0 Å². The Kier molecular flexibility index (Phi) is 6.29. The van der Waals surface area contributed by atoms with E-state index < -0.39 is 0 Å². The SMILES string of the molecule is CN(C)Cc1ccc(CSCCCS)o1. The monoisotopic (exact) mass is 245 g/mol. The van der Waals surface area contributed by atoms with Gasteiger partial charge in [0.2, 0.25) is 0 Å². The van der Waals surface area contributed by atoms with E-state index in [9.17, 15) is 0 Å². The highest BCUT2D eigenvalue weighted by molar-refractivity contribution is 7.98. The zero-order valence-electron chi connectivity index (χ0n) is 9.40. The van der Waals surface area contributed by atoms with Gasteiger partial charge in [-0.2, -0.15) is 24.4 Å². The maximum Gasteiger partial charge on any atom is 0.118 e. The molecule has 0 aliphatic heterocycles. The van der Waals surface area contributed by atoms with E-state index in [1.807, 2.05) is 25.9 Å². The molecule has 0 unspecified atom stereocenters. The summed E-state index contributed by atoms with van der Waals surface area (Å²) in [6.07, 6.45) is 1.17. The van der Waals surface area contributed by atoms with Crippen LogP contribution in [-0.4, -0.2) is 30.5 Å². The predicted octanol–water partition coefficient (Wildman–Crippen LogP) is 2.89. The van der Waals surface area contributed by atoms with E-state index in [4.69, 9.17) is 4.42 Å².